The van der Waals surface area contributed by atoms with Crippen molar-refractivity contribution in [2.45, 2.75) is 35.9 Å². The van der Waals surface area contributed by atoms with E-state index in [4.69, 9.17) is 0 Å². The van der Waals surface area contributed by atoms with Crippen molar-refractivity contribution in [1.82, 2.24) is 0 Å². The van der Waals surface area contributed by atoms with Crippen LogP contribution in [0.5, 0.6) is 0 Å². The highest BCUT2D eigenvalue weighted by Gasteiger charge is 2.95. The van der Waals surface area contributed by atoms with Gasteiger partial charge < -0.3 is 0 Å². The minimum atomic E-state index is -4.21. The highest BCUT2D eigenvalue weighted by Crippen LogP contribution is 2.48. The van der Waals surface area contributed by atoms with Gasteiger partial charge in [-0.05, 0) is 12.1 Å². The third-order valence-corrected chi connectivity index (χ3v) is 4.95. The van der Waals surface area contributed by atoms with Gasteiger partial charge in [0.15, 0.2) is 0 Å². The van der Waals surface area contributed by atoms with Crippen molar-refractivity contribution >= 4 is 5.69 Å². The quantitative estimate of drug-likeness (QED) is 0.225. The Morgan fingerprint density at radius 2 is 1.03 bits per heavy atom. The van der Waals surface area contributed by atoms with E-state index >= 15 is 0 Å². The lowest BCUT2D eigenvalue weighted by Crippen LogP contribution is -2.78. The van der Waals surface area contributed by atoms with Crippen LogP contribution in [0, 0.1) is 60.7 Å². The van der Waals surface area contributed by atoms with Crippen molar-refractivity contribution in [2.75, 3.05) is 0 Å². The van der Waals surface area contributed by atoms with E-state index in [2.05, 4.69) is 10.2 Å². The Hall–Kier alpha value is -4.78. The molecular weight excluding hydrogens is 448 g/mol. The van der Waals surface area contributed by atoms with E-state index in [1.807, 2.05) is 0 Å². The van der Waals surface area contributed by atoms with Crippen LogP contribution in [0.1, 0.15) is 12.8 Å². The molecule has 1 aromatic rings. The van der Waals surface area contributed by atoms with Gasteiger partial charge in [-0.3, -0.25) is 60.7 Å². The van der Waals surface area contributed by atoms with Crippen LogP contribution < -0.4 is 0 Å². The number of benzene rings is 1. The molecule has 0 N–H and O–H groups in total. The van der Waals surface area contributed by atoms with Crippen LogP contribution in [0.4, 0.5) is 5.69 Å². The van der Waals surface area contributed by atoms with Crippen molar-refractivity contribution in [3.05, 3.63) is 91.0 Å². The second kappa shape index (κ2) is 7.81. The standard InChI is InChI=1S/C12H10N8O12/c21-15(22)10(16(23)24)6-11(17(25)26,18(27)28)9(12(7-10,19(29)30)20(31)32)14-13-8-4-2-1-3-5-8/h1-5,9H,6-7H2. The molecule has 0 bridgehead atoms. The minimum absolute atomic E-state index is 0.186. The maximum absolute atomic E-state index is 11.8. The zero-order valence-electron chi connectivity index (χ0n) is 15.4. The molecular formula is C12H10N8O12. The zero-order chi connectivity index (χ0) is 24.5. The first-order valence-corrected chi connectivity index (χ1v) is 8.12. The molecule has 0 saturated heterocycles. The highest BCUT2D eigenvalue weighted by atomic mass is 16.7. The molecule has 0 radical (unpaired) electrons. The fraction of sp³-hybridized carbons (Fsp3) is 0.500. The Labute approximate surface area is 173 Å². The van der Waals surface area contributed by atoms with E-state index < -0.39 is 65.4 Å². The molecule has 0 aromatic heterocycles. The fourth-order valence-corrected chi connectivity index (χ4v) is 3.38. The fourth-order valence-electron chi connectivity index (χ4n) is 3.38. The van der Waals surface area contributed by atoms with Crippen molar-refractivity contribution < 1.29 is 29.5 Å². The number of hydrogen-bond acceptors (Lipinski definition) is 14. The Morgan fingerprint density at radius 1 is 0.656 bits per heavy atom. The Balaban J connectivity index is 2.99. The van der Waals surface area contributed by atoms with Gasteiger partial charge in [-0.2, -0.15) is 10.2 Å². The van der Waals surface area contributed by atoms with Gasteiger partial charge in [0.2, 0.25) is 12.8 Å². The van der Waals surface area contributed by atoms with Gasteiger partial charge in [0, 0.05) is 0 Å². The summed E-state index contributed by atoms with van der Waals surface area (Å²) in [5, 5.41) is 76.6. The van der Waals surface area contributed by atoms with E-state index in [0.717, 1.165) is 0 Å². The summed E-state index contributed by atoms with van der Waals surface area (Å²) in [6.45, 7) is 0. The molecule has 32 heavy (non-hydrogen) atoms. The molecule has 170 valence electrons. The second-order valence-corrected chi connectivity index (χ2v) is 6.59. The Kier molecular flexibility index (Phi) is 5.73. The number of nitro groups is 6. The van der Waals surface area contributed by atoms with Crippen LogP contribution in [-0.4, -0.2) is 52.6 Å². The van der Waals surface area contributed by atoms with Crippen molar-refractivity contribution in [1.29, 1.82) is 0 Å². The number of rotatable bonds is 8. The summed E-state index contributed by atoms with van der Waals surface area (Å²) in [6.07, 6.45) is -4.33. The molecule has 1 aliphatic rings. The van der Waals surface area contributed by atoms with E-state index in [0.29, 0.717) is 0 Å². The van der Waals surface area contributed by atoms with Crippen molar-refractivity contribution in [2.24, 2.45) is 10.2 Å². The third kappa shape index (κ3) is 3.18. The largest absolute Gasteiger partial charge is 0.510 e. The number of nitrogens with zero attached hydrogens (tertiary/aromatic N) is 8. The van der Waals surface area contributed by atoms with Crippen molar-refractivity contribution in [3.63, 3.8) is 0 Å². The summed E-state index contributed by atoms with van der Waals surface area (Å²) in [5.41, 5.74) is -12.6. The van der Waals surface area contributed by atoms with Gasteiger partial charge in [-0.25, -0.2) is 0 Å². The predicted octanol–water partition coefficient (Wildman–Crippen LogP) is 0.682. The number of hydrogen-bond donors (Lipinski definition) is 0. The summed E-state index contributed by atoms with van der Waals surface area (Å²) in [6, 6.07) is 3.34. The van der Waals surface area contributed by atoms with Crippen LogP contribution in [0.3, 0.4) is 0 Å². The number of azo groups is 1. The van der Waals surface area contributed by atoms with Crippen LogP contribution >= 0.6 is 0 Å². The topological polar surface area (TPSA) is 284 Å². The molecule has 1 saturated carbocycles. The molecule has 20 heteroatoms. The predicted molar refractivity (Wildman–Crippen MR) is 94.1 cm³/mol. The highest BCUT2D eigenvalue weighted by molar-refractivity contribution is 5.34. The molecule has 0 unspecified atom stereocenters. The van der Waals surface area contributed by atoms with Crippen LogP contribution in [0.25, 0.3) is 0 Å². The maximum atomic E-state index is 11.8. The van der Waals surface area contributed by atoms with Crippen LogP contribution in [-0.2, 0) is 0 Å². The Morgan fingerprint density at radius 3 is 1.34 bits per heavy atom. The van der Waals surface area contributed by atoms with Gasteiger partial charge in [0.1, 0.15) is 19.7 Å². The average Bonchev–Trinajstić information content (AvgIpc) is 2.71. The lowest BCUT2D eigenvalue weighted by Gasteiger charge is -2.33. The minimum Gasteiger partial charge on any atom is -0.258 e. The van der Waals surface area contributed by atoms with E-state index in [-0.39, 0.29) is 5.69 Å². The summed E-state index contributed by atoms with van der Waals surface area (Å²) >= 11 is 0. The molecule has 0 amide bonds. The summed E-state index contributed by atoms with van der Waals surface area (Å²) in [4.78, 5) is 58.8. The summed E-state index contributed by atoms with van der Waals surface area (Å²) in [5.74, 6) is 0. The van der Waals surface area contributed by atoms with Gasteiger partial charge in [0.25, 0.3) is 0 Å². The zero-order valence-corrected chi connectivity index (χ0v) is 15.4. The first-order chi connectivity index (χ1) is 14.8. The van der Waals surface area contributed by atoms with E-state index in [1.165, 1.54) is 30.3 Å². The molecule has 2 rings (SSSR count). The normalized spacial score (nSPS) is 19.1. The van der Waals surface area contributed by atoms with Gasteiger partial charge in [-0.1, -0.05) is 18.2 Å². The molecule has 0 aliphatic heterocycles. The monoisotopic (exact) mass is 458 g/mol. The second-order valence-electron chi connectivity index (χ2n) is 6.59. The van der Waals surface area contributed by atoms with Gasteiger partial charge in [0.05, 0.1) is 15.5 Å². The average molecular weight is 458 g/mol. The molecule has 0 heterocycles. The van der Waals surface area contributed by atoms with Crippen LogP contribution in [0.15, 0.2) is 40.6 Å². The first kappa shape index (κ1) is 23.5. The third-order valence-electron chi connectivity index (χ3n) is 4.95. The molecule has 0 spiro atoms. The maximum Gasteiger partial charge on any atom is 0.510 e. The smallest absolute Gasteiger partial charge is 0.258 e. The first-order valence-electron chi connectivity index (χ1n) is 8.12. The molecule has 20 nitrogen and oxygen atoms in total. The van der Waals surface area contributed by atoms with Crippen molar-refractivity contribution in [3.8, 4) is 0 Å². The van der Waals surface area contributed by atoms with E-state index in [9.17, 15) is 60.7 Å². The summed E-state index contributed by atoms with van der Waals surface area (Å²) < 4.78 is 0. The SMILES string of the molecule is O=[N+]([O-])C1([N+](=O)[O-])CC([N+](=O)[O-])([N+](=O)[O-])C(N=Nc2ccccc2)C([N+](=O)[O-])([N+](=O)[O-])C1. The Bertz CT molecular complexity index is 956. The molecule has 1 aliphatic carbocycles. The van der Waals surface area contributed by atoms with Gasteiger partial charge in [-0.15, -0.1) is 0 Å². The van der Waals surface area contributed by atoms with Crippen LogP contribution in [0.2, 0.25) is 0 Å². The summed E-state index contributed by atoms with van der Waals surface area (Å²) in [7, 11) is 0. The molecule has 0 atom stereocenters. The lowest BCUT2D eigenvalue weighted by molar-refractivity contribution is -0.904. The molecule has 1 aromatic carbocycles. The lowest BCUT2D eigenvalue weighted by atomic mass is 9.71. The van der Waals surface area contributed by atoms with E-state index in [1.54, 1.807) is 0 Å². The van der Waals surface area contributed by atoms with Gasteiger partial charge >= 0.3 is 23.0 Å². The molecule has 1 fully saturated rings.